The number of rotatable bonds is 4. The van der Waals surface area contributed by atoms with E-state index in [4.69, 9.17) is 10.7 Å². The van der Waals surface area contributed by atoms with Gasteiger partial charge in [-0.2, -0.15) is 13.2 Å². The first kappa shape index (κ1) is 17.4. The quantitative estimate of drug-likeness (QED) is 0.600. The van der Waals surface area contributed by atoms with E-state index in [0.717, 1.165) is 0 Å². The van der Waals surface area contributed by atoms with Gasteiger partial charge in [0.2, 0.25) is 15.0 Å². The highest BCUT2D eigenvalue weighted by Gasteiger charge is 2.36. The average molecular weight is 374 g/mol. The Morgan fingerprint density at radius 3 is 2.55 bits per heavy atom. The van der Waals surface area contributed by atoms with Crippen LogP contribution >= 0.6 is 22.4 Å². The Balaban J connectivity index is 2.24. The summed E-state index contributed by atoms with van der Waals surface area (Å²) in [6.45, 7) is 0.0280. The minimum absolute atomic E-state index is 0.0280. The molecular weight excluding hydrogens is 363 g/mol. The molecule has 1 aliphatic heterocycles. The number of benzene rings is 1. The lowest BCUT2D eigenvalue weighted by molar-refractivity contribution is -0.117. The fourth-order valence-electron chi connectivity index (χ4n) is 2.30. The first-order chi connectivity index (χ1) is 10.1. The van der Waals surface area contributed by atoms with Crippen LogP contribution in [0, 0.1) is 5.92 Å². The standard InChI is InChI=1S/C12H11ClF3NO3S2/c13-22(19,20)7-8-5-11(18)17(6-8)9-3-1-2-4-10(9)21-12(14,15)16/h1-4,8H,5-7H2. The van der Waals surface area contributed by atoms with E-state index in [-0.39, 0.29) is 41.1 Å². The lowest BCUT2D eigenvalue weighted by Crippen LogP contribution is -2.26. The molecule has 0 saturated carbocycles. The van der Waals surface area contributed by atoms with Crippen molar-refractivity contribution >= 4 is 43.1 Å². The van der Waals surface area contributed by atoms with Gasteiger partial charge in [-0.25, -0.2) is 8.42 Å². The van der Waals surface area contributed by atoms with Gasteiger partial charge in [-0.3, -0.25) is 4.79 Å². The summed E-state index contributed by atoms with van der Waals surface area (Å²) in [5.41, 5.74) is -4.35. The van der Waals surface area contributed by atoms with Gasteiger partial charge in [0.25, 0.3) is 0 Å². The highest BCUT2D eigenvalue weighted by molar-refractivity contribution is 8.13. The van der Waals surface area contributed by atoms with E-state index >= 15 is 0 Å². The number of halogens is 4. The van der Waals surface area contributed by atoms with E-state index in [1.165, 1.54) is 29.2 Å². The first-order valence-corrected chi connectivity index (χ1v) is 9.42. The molecule has 10 heteroatoms. The number of alkyl halides is 3. The van der Waals surface area contributed by atoms with Crippen molar-refractivity contribution < 1.29 is 26.4 Å². The Morgan fingerprint density at radius 1 is 1.32 bits per heavy atom. The maximum atomic E-state index is 12.6. The summed E-state index contributed by atoms with van der Waals surface area (Å²) in [6.07, 6.45) is -0.0586. The highest BCUT2D eigenvalue weighted by Crippen LogP contribution is 2.42. The molecule has 2 rings (SSSR count). The minimum atomic E-state index is -4.47. The number of anilines is 1. The van der Waals surface area contributed by atoms with Crippen LogP contribution in [0.1, 0.15) is 6.42 Å². The highest BCUT2D eigenvalue weighted by atomic mass is 35.7. The van der Waals surface area contributed by atoms with Gasteiger partial charge in [-0.1, -0.05) is 12.1 Å². The van der Waals surface area contributed by atoms with Crippen LogP contribution in [-0.2, 0) is 13.8 Å². The van der Waals surface area contributed by atoms with Gasteiger partial charge in [-0.05, 0) is 23.9 Å². The van der Waals surface area contributed by atoms with Crippen molar-refractivity contribution in [3.05, 3.63) is 24.3 Å². The van der Waals surface area contributed by atoms with Gasteiger partial charge < -0.3 is 4.90 Å². The van der Waals surface area contributed by atoms with Crippen LogP contribution in [0.4, 0.5) is 18.9 Å². The Morgan fingerprint density at radius 2 is 1.95 bits per heavy atom. The van der Waals surface area contributed by atoms with Gasteiger partial charge in [0.1, 0.15) is 0 Å². The van der Waals surface area contributed by atoms with E-state index in [1.807, 2.05) is 0 Å². The molecule has 0 spiro atoms. The zero-order valence-corrected chi connectivity index (χ0v) is 13.4. The molecular formula is C12H11ClF3NO3S2. The maximum absolute atomic E-state index is 12.6. The molecule has 1 fully saturated rings. The molecule has 0 aromatic heterocycles. The van der Waals surface area contributed by atoms with E-state index in [1.54, 1.807) is 0 Å². The molecule has 0 bridgehead atoms. The topological polar surface area (TPSA) is 54.5 Å². The second-order valence-corrected chi connectivity index (χ2v) is 8.72. The summed E-state index contributed by atoms with van der Waals surface area (Å²) in [6, 6.07) is 5.64. The van der Waals surface area contributed by atoms with Gasteiger partial charge in [0.15, 0.2) is 0 Å². The van der Waals surface area contributed by atoms with Crippen molar-refractivity contribution in [1.29, 1.82) is 0 Å². The van der Waals surface area contributed by atoms with Crippen LogP contribution in [0.3, 0.4) is 0 Å². The van der Waals surface area contributed by atoms with Crippen molar-refractivity contribution in [2.75, 3.05) is 17.2 Å². The summed E-state index contributed by atoms with van der Waals surface area (Å²) in [7, 11) is 1.40. The predicted octanol–water partition coefficient (Wildman–Crippen LogP) is 3.22. The molecule has 1 aromatic carbocycles. The van der Waals surface area contributed by atoms with Crippen molar-refractivity contribution in [3.63, 3.8) is 0 Å². The summed E-state index contributed by atoms with van der Waals surface area (Å²) in [4.78, 5) is 13.1. The van der Waals surface area contributed by atoms with Crippen molar-refractivity contribution in [2.24, 2.45) is 5.92 Å². The minimum Gasteiger partial charge on any atom is -0.311 e. The normalized spacial score (nSPS) is 19.7. The van der Waals surface area contributed by atoms with E-state index in [0.29, 0.717) is 0 Å². The molecule has 1 amide bonds. The Labute approximate surface area is 134 Å². The third-order valence-electron chi connectivity index (χ3n) is 3.02. The Hall–Kier alpha value is -0.930. The Bertz CT molecular complexity index is 678. The number of carbonyl (C=O) groups excluding carboxylic acids is 1. The molecule has 4 nitrogen and oxygen atoms in total. The monoisotopic (exact) mass is 373 g/mol. The molecule has 0 radical (unpaired) electrons. The van der Waals surface area contributed by atoms with E-state index in [2.05, 4.69) is 0 Å². The lowest BCUT2D eigenvalue weighted by Gasteiger charge is -2.20. The molecule has 1 aromatic rings. The second kappa shape index (κ2) is 6.29. The smallest absolute Gasteiger partial charge is 0.311 e. The number of para-hydroxylation sites is 1. The molecule has 1 unspecified atom stereocenters. The van der Waals surface area contributed by atoms with Crippen LogP contribution in [0.25, 0.3) is 0 Å². The van der Waals surface area contributed by atoms with Crippen LogP contribution in [0.15, 0.2) is 29.2 Å². The second-order valence-electron chi connectivity index (χ2n) is 4.80. The number of nitrogens with zero attached hydrogens (tertiary/aromatic N) is 1. The zero-order chi connectivity index (χ0) is 16.5. The molecule has 1 heterocycles. The van der Waals surface area contributed by atoms with Crippen LogP contribution in [0.2, 0.25) is 0 Å². The van der Waals surface area contributed by atoms with Gasteiger partial charge in [-0.15, -0.1) is 0 Å². The number of carbonyl (C=O) groups is 1. The van der Waals surface area contributed by atoms with Crippen LogP contribution in [-0.4, -0.2) is 32.1 Å². The summed E-state index contributed by atoms with van der Waals surface area (Å²) in [5, 5.41) is 0. The van der Waals surface area contributed by atoms with Crippen molar-refractivity contribution in [2.45, 2.75) is 16.8 Å². The first-order valence-electron chi connectivity index (χ1n) is 6.12. The third kappa shape index (κ3) is 4.79. The molecule has 1 aliphatic rings. The largest absolute Gasteiger partial charge is 0.446 e. The SMILES string of the molecule is O=C1CC(CS(=O)(=O)Cl)CN1c1ccccc1SC(F)(F)F. The molecule has 0 N–H and O–H groups in total. The molecule has 22 heavy (non-hydrogen) atoms. The van der Waals surface area contributed by atoms with Crippen LogP contribution < -0.4 is 4.90 Å². The van der Waals surface area contributed by atoms with Gasteiger partial charge >= 0.3 is 5.51 Å². The number of hydrogen-bond acceptors (Lipinski definition) is 4. The fraction of sp³-hybridized carbons (Fsp3) is 0.417. The summed E-state index contributed by atoms with van der Waals surface area (Å²) < 4.78 is 59.9. The van der Waals surface area contributed by atoms with Gasteiger partial charge in [0, 0.05) is 34.5 Å². The van der Waals surface area contributed by atoms with Crippen molar-refractivity contribution in [3.8, 4) is 0 Å². The van der Waals surface area contributed by atoms with Crippen LogP contribution in [0.5, 0.6) is 0 Å². The molecule has 122 valence electrons. The fourth-order valence-corrected chi connectivity index (χ4v) is 4.30. The lowest BCUT2D eigenvalue weighted by atomic mass is 10.1. The number of thioether (sulfide) groups is 1. The molecule has 0 aliphatic carbocycles. The van der Waals surface area contributed by atoms with Gasteiger partial charge in [0.05, 0.1) is 11.4 Å². The van der Waals surface area contributed by atoms with E-state index in [9.17, 15) is 26.4 Å². The van der Waals surface area contributed by atoms with Crippen molar-refractivity contribution in [1.82, 2.24) is 0 Å². The third-order valence-corrected chi connectivity index (χ3v) is 5.07. The maximum Gasteiger partial charge on any atom is 0.446 e. The molecule has 1 saturated heterocycles. The average Bonchev–Trinajstić information content (AvgIpc) is 2.66. The molecule has 1 atom stereocenters. The summed E-state index contributed by atoms with van der Waals surface area (Å²) in [5.74, 6) is -1.33. The number of hydrogen-bond donors (Lipinski definition) is 0. The summed E-state index contributed by atoms with van der Waals surface area (Å²) >= 11 is -0.308. The number of amides is 1. The Kier molecular flexibility index (Phi) is 4.98. The predicted molar refractivity (Wildman–Crippen MR) is 78.5 cm³/mol. The van der Waals surface area contributed by atoms with E-state index < -0.39 is 26.4 Å². The zero-order valence-electron chi connectivity index (χ0n) is 11.0.